The minimum Gasteiger partial charge on any atom is -0.464 e. The molecule has 29 heavy (non-hydrogen) atoms. The molecule has 0 heterocycles. The molecule has 0 N–H and O–H groups in total. The van der Waals surface area contributed by atoms with Crippen molar-refractivity contribution in [3.05, 3.63) is 70.3 Å². The Balaban J connectivity index is 2.24. The van der Waals surface area contributed by atoms with Crippen LogP contribution in [-0.4, -0.2) is 37.4 Å². The molecule has 0 aliphatic rings. The fourth-order valence-corrected chi connectivity index (χ4v) is 2.69. The van der Waals surface area contributed by atoms with Gasteiger partial charge in [0.05, 0.1) is 12.8 Å². The molecule has 0 bridgehead atoms. The smallest absolute Gasteiger partial charge is 0.360 e. The second kappa shape index (κ2) is 10.2. The number of Topliss-reactive ketones (excluding diaryl/α,β-unsaturated/α-hetero) is 1. The maximum absolute atomic E-state index is 12.1. The highest BCUT2D eigenvalue weighted by atomic mass is 16.6. The summed E-state index contributed by atoms with van der Waals surface area (Å²) in [5.74, 6) is -0.599. The Morgan fingerprint density at radius 3 is 2.17 bits per heavy atom. The molecule has 0 spiro atoms. The molecule has 2 aromatic carbocycles. The average Bonchev–Trinajstić information content (AvgIpc) is 2.72. The van der Waals surface area contributed by atoms with Gasteiger partial charge in [-0.25, -0.2) is 4.79 Å². The van der Waals surface area contributed by atoms with Crippen LogP contribution >= 0.6 is 0 Å². The van der Waals surface area contributed by atoms with Crippen molar-refractivity contribution in [1.29, 1.82) is 0 Å². The van der Waals surface area contributed by atoms with Crippen LogP contribution in [0, 0.1) is 6.92 Å². The van der Waals surface area contributed by atoms with Gasteiger partial charge in [0.1, 0.15) is 13.7 Å². The van der Waals surface area contributed by atoms with Crippen molar-refractivity contribution in [3.63, 3.8) is 0 Å². The van der Waals surface area contributed by atoms with Crippen LogP contribution in [0.15, 0.2) is 52.8 Å². The number of esters is 1. The molecular formula is C22H24N2O5. The number of carbonyl (C=O) groups is 2. The highest BCUT2D eigenvalue weighted by Crippen LogP contribution is 2.18. The van der Waals surface area contributed by atoms with E-state index in [2.05, 4.69) is 10.3 Å². The summed E-state index contributed by atoms with van der Waals surface area (Å²) in [5, 5.41) is 7.96. The molecule has 0 atom stereocenters. The van der Waals surface area contributed by atoms with Crippen molar-refractivity contribution in [2.75, 3.05) is 14.2 Å². The van der Waals surface area contributed by atoms with E-state index in [-0.39, 0.29) is 18.1 Å². The molecule has 7 heteroatoms. The normalized spacial score (nSPS) is 11.8. The zero-order valence-electron chi connectivity index (χ0n) is 17.2. The Hall–Kier alpha value is -3.48. The lowest BCUT2D eigenvalue weighted by Gasteiger charge is -2.12. The van der Waals surface area contributed by atoms with Crippen LogP contribution in [0.1, 0.15) is 46.5 Å². The van der Waals surface area contributed by atoms with E-state index in [4.69, 9.17) is 14.4 Å². The molecule has 0 fully saturated rings. The third-order valence-corrected chi connectivity index (χ3v) is 4.35. The standard InChI is InChI=1S/C22H24N2O5/c1-14-7-6-8-19(21(24-28-5)22(26)27-4)20(14)13-29-23-15(2)17-9-11-18(12-10-17)16(3)25/h6-12H,13H2,1-5H3/b23-15+,24-21+. The first kappa shape index (κ1) is 21.8. The number of carbonyl (C=O) groups excluding carboxylic acids is 2. The number of rotatable bonds is 8. The van der Waals surface area contributed by atoms with Gasteiger partial charge in [0, 0.05) is 16.7 Å². The number of oxime groups is 2. The van der Waals surface area contributed by atoms with Crippen molar-refractivity contribution in [1.82, 2.24) is 0 Å². The third kappa shape index (κ3) is 5.51. The summed E-state index contributed by atoms with van der Waals surface area (Å²) in [6, 6.07) is 12.6. The first-order valence-electron chi connectivity index (χ1n) is 8.95. The molecule has 7 nitrogen and oxygen atoms in total. The molecule has 0 aliphatic heterocycles. The van der Waals surface area contributed by atoms with E-state index < -0.39 is 5.97 Å². The van der Waals surface area contributed by atoms with Crippen LogP contribution in [0.3, 0.4) is 0 Å². The van der Waals surface area contributed by atoms with E-state index in [0.29, 0.717) is 16.8 Å². The summed E-state index contributed by atoms with van der Waals surface area (Å²) >= 11 is 0. The number of aryl methyl sites for hydroxylation is 1. The number of hydrogen-bond acceptors (Lipinski definition) is 7. The van der Waals surface area contributed by atoms with E-state index in [9.17, 15) is 9.59 Å². The van der Waals surface area contributed by atoms with E-state index in [0.717, 1.165) is 16.7 Å². The summed E-state index contributed by atoms with van der Waals surface area (Å²) in [5.41, 5.74) is 4.41. The van der Waals surface area contributed by atoms with Crippen molar-refractivity contribution < 1.29 is 24.0 Å². The third-order valence-electron chi connectivity index (χ3n) is 4.35. The number of ketones is 1. The summed E-state index contributed by atoms with van der Waals surface area (Å²) in [6.07, 6.45) is 0. The van der Waals surface area contributed by atoms with Gasteiger partial charge < -0.3 is 14.4 Å². The molecule has 152 valence electrons. The minimum atomic E-state index is -0.607. The van der Waals surface area contributed by atoms with E-state index >= 15 is 0 Å². The van der Waals surface area contributed by atoms with Crippen molar-refractivity contribution in [2.45, 2.75) is 27.4 Å². The Morgan fingerprint density at radius 1 is 0.931 bits per heavy atom. The second-order valence-electron chi connectivity index (χ2n) is 6.30. The van der Waals surface area contributed by atoms with E-state index in [1.54, 1.807) is 18.2 Å². The Bertz CT molecular complexity index is 946. The van der Waals surface area contributed by atoms with Gasteiger partial charge in [-0.15, -0.1) is 0 Å². The van der Waals surface area contributed by atoms with Crippen molar-refractivity contribution >= 4 is 23.2 Å². The molecule has 0 saturated heterocycles. The first-order chi connectivity index (χ1) is 13.9. The molecule has 0 unspecified atom stereocenters. The molecule has 0 amide bonds. The molecule has 2 rings (SSSR count). The second-order valence-corrected chi connectivity index (χ2v) is 6.30. The Morgan fingerprint density at radius 2 is 1.59 bits per heavy atom. The Kier molecular flexibility index (Phi) is 7.65. The largest absolute Gasteiger partial charge is 0.464 e. The summed E-state index contributed by atoms with van der Waals surface area (Å²) in [7, 11) is 2.64. The first-order valence-corrected chi connectivity index (χ1v) is 8.95. The van der Waals surface area contributed by atoms with E-state index in [1.165, 1.54) is 21.1 Å². The highest BCUT2D eigenvalue weighted by Gasteiger charge is 2.20. The highest BCUT2D eigenvalue weighted by molar-refractivity contribution is 6.43. The lowest BCUT2D eigenvalue weighted by Crippen LogP contribution is -2.20. The fourth-order valence-electron chi connectivity index (χ4n) is 2.69. The average molecular weight is 396 g/mol. The molecule has 0 aromatic heterocycles. The monoisotopic (exact) mass is 396 g/mol. The number of ether oxygens (including phenoxy) is 1. The maximum Gasteiger partial charge on any atom is 0.360 e. The molecule has 2 aromatic rings. The van der Waals surface area contributed by atoms with Gasteiger partial charge in [-0.05, 0) is 31.9 Å². The topological polar surface area (TPSA) is 86.6 Å². The summed E-state index contributed by atoms with van der Waals surface area (Å²) in [4.78, 5) is 33.8. The number of nitrogens with zero attached hydrogens (tertiary/aromatic N) is 2. The van der Waals surface area contributed by atoms with Crippen LogP contribution in [0.4, 0.5) is 0 Å². The van der Waals surface area contributed by atoms with Crippen LogP contribution in [0.5, 0.6) is 0 Å². The van der Waals surface area contributed by atoms with Crippen molar-refractivity contribution in [3.8, 4) is 0 Å². The van der Waals surface area contributed by atoms with Gasteiger partial charge in [0.25, 0.3) is 0 Å². The van der Waals surface area contributed by atoms with E-state index in [1.807, 2.05) is 38.1 Å². The fraction of sp³-hybridized carbons (Fsp3) is 0.273. The van der Waals surface area contributed by atoms with Gasteiger partial charge >= 0.3 is 5.97 Å². The Labute approximate surface area is 170 Å². The van der Waals surface area contributed by atoms with Crippen LogP contribution < -0.4 is 0 Å². The van der Waals surface area contributed by atoms with Crippen LogP contribution in [0.25, 0.3) is 0 Å². The number of hydrogen-bond donors (Lipinski definition) is 0. The van der Waals surface area contributed by atoms with Crippen molar-refractivity contribution in [2.24, 2.45) is 10.3 Å². The minimum absolute atomic E-state index is 0.00797. The van der Waals surface area contributed by atoms with Crippen LogP contribution in [-0.2, 0) is 25.8 Å². The predicted molar refractivity (Wildman–Crippen MR) is 110 cm³/mol. The molecule has 0 aliphatic carbocycles. The number of methoxy groups -OCH3 is 1. The maximum atomic E-state index is 12.1. The lowest BCUT2D eigenvalue weighted by atomic mass is 9.99. The zero-order chi connectivity index (χ0) is 21.4. The van der Waals surface area contributed by atoms with Gasteiger partial charge in [0.2, 0.25) is 0 Å². The molecule has 0 radical (unpaired) electrons. The number of benzene rings is 2. The molecule has 0 saturated carbocycles. The van der Waals surface area contributed by atoms with Gasteiger partial charge in [-0.2, -0.15) is 0 Å². The van der Waals surface area contributed by atoms with Crippen LogP contribution in [0.2, 0.25) is 0 Å². The SMILES string of the molecule is CO/N=C(/C(=O)OC)c1cccc(C)c1CO/N=C(\C)c1ccc(C(C)=O)cc1. The lowest BCUT2D eigenvalue weighted by molar-refractivity contribution is -0.132. The van der Waals surface area contributed by atoms with Gasteiger partial charge in [-0.1, -0.05) is 52.8 Å². The summed E-state index contributed by atoms with van der Waals surface area (Å²) < 4.78 is 4.80. The zero-order valence-corrected chi connectivity index (χ0v) is 17.2. The predicted octanol–water partition coefficient (Wildman–Crippen LogP) is 3.66. The summed E-state index contributed by atoms with van der Waals surface area (Å²) in [6.45, 7) is 5.37. The van der Waals surface area contributed by atoms with Gasteiger partial charge in [0.15, 0.2) is 11.5 Å². The van der Waals surface area contributed by atoms with Gasteiger partial charge in [-0.3, -0.25) is 4.79 Å². The quantitative estimate of drug-likeness (QED) is 0.294. The molecular weight excluding hydrogens is 372 g/mol.